The Morgan fingerprint density at radius 3 is 2.89 bits per heavy atom. The molecule has 0 fully saturated rings. The van der Waals surface area contributed by atoms with E-state index in [1.807, 2.05) is 0 Å². The third-order valence-corrected chi connectivity index (χ3v) is 3.32. The predicted molar refractivity (Wildman–Crippen MR) is 72.4 cm³/mol. The van der Waals surface area contributed by atoms with E-state index in [0.29, 0.717) is 21.0 Å². The highest BCUT2D eigenvalue weighted by atomic mass is 79.9. The number of nitrogens with one attached hydrogen (secondary N) is 2. The Kier molecular flexibility index (Phi) is 2.76. The van der Waals surface area contributed by atoms with Crippen molar-refractivity contribution in [3.8, 4) is 11.3 Å². The summed E-state index contributed by atoms with van der Waals surface area (Å²) in [6.07, 6.45) is 2.75. The quantitative estimate of drug-likeness (QED) is 0.694. The van der Waals surface area contributed by atoms with E-state index >= 15 is 0 Å². The van der Waals surface area contributed by atoms with Gasteiger partial charge in [-0.15, -0.1) is 0 Å². The number of aromatic amines is 2. The largest absolute Gasteiger partial charge is 0.325 e. The Morgan fingerprint density at radius 1 is 1.37 bits per heavy atom. The van der Waals surface area contributed by atoms with Crippen LogP contribution in [0.1, 0.15) is 0 Å². The molecule has 9 heteroatoms. The fourth-order valence-electron chi connectivity index (χ4n) is 1.64. The SMILES string of the molecule is O=c1[nH]cc(-c2cc(Br)c3ncc(Cl)n3n2)c(=O)[nH]1. The van der Waals surface area contributed by atoms with Crippen molar-refractivity contribution in [3.05, 3.63) is 48.9 Å². The summed E-state index contributed by atoms with van der Waals surface area (Å²) in [6.45, 7) is 0. The first kappa shape index (κ1) is 12.1. The van der Waals surface area contributed by atoms with Gasteiger partial charge in [0.15, 0.2) is 10.8 Å². The van der Waals surface area contributed by atoms with Gasteiger partial charge in [-0.05, 0) is 22.0 Å². The zero-order valence-corrected chi connectivity index (χ0v) is 11.5. The summed E-state index contributed by atoms with van der Waals surface area (Å²) in [5, 5.41) is 4.52. The van der Waals surface area contributed by atoms with Crippen molar-refractivity contribution in [1.82, 2.24) is 24.6 Å². The topological polar surface area (TPSA) is 95.9 Å². The minimum Gasteiger partial charge on any atom is -0.313 e. The summed E-state index contributed by atoms with van der Waals surface area (Å²) in [4.78, 5) is 31.3. The summed E-state index contributed by atoms with van der Waals surface area (Å²) in [6, 6.07) is 1.63. The molecular formula is C10H5BrClN5O2. The molecule has 0 bridgehead atoms. The molecule has 19 heavy (non-hydrogen) atoms. The van der Waals surface area contributed by atoms with Crippen LogP contribution in [0, 0.1) is 0 Å². The van der Waals surface area contributed by atoms with Crippen LogP contribution in [0.4, 0.5) is 0 Å². The van der Waals surface area contributed by atoms with Gasteiger partial charge in [-0.3, -0.25) is 9.78 Å². The molecule has 0 aliphatic rings. The highest BCUT2D eigenvalue weighted by Crippen LogP contribution is 2.23. The number of hydrogen-bond donors (Lipinski definition) is 2. The summed E-state index contributed by atoms with van der Waals surface area (Å²) in [5.41, 5.74) is 0.0200. The molecule has 3 aromatic heterocycles. The molecule has 0 aromatic carbocycles. The molecular weight excluding hydrogens is 338 g/mol. The van der Waals surface area contributed by atoms with E-state index in [4.69, 9.17) is 11.6 Å². The number of fused-ring (bicyclic) bond motifs is 1. The maximum Gasteiger partial charge on any atom is 0.325 e. The van der Waals surface area contributed by atoms with Crippen molar-refractivity contribution in [2.45, 2.75) is 0 Å². The highest BCUT2D eigenvalue weighted by Gasteiger charge is 2.12. The smallest absolute Gasteiger partial charge is 0.313 e. The number of hydrogen-bond acceptors (Lipinski definition) is 4. The first-order chi connectivity index (χ1) is 9.06. The van der Waals surface area contributed by atoms with Gasteiger partial charge in [-0.25, -0.2) is 14.3 Å². The van der Waals surface area contributed by atoms with Gasteiger partial charge in [0.25, 0.3) is 5.56 Å². The van der Waals surface area contributed by atoms with Gasteiger partial charge in [0.2, 0.25) is 0 Å². The van der Waals surface area contributed by atoms with Crippen molar-refractivity contribution < 1.29 is 0 Å². The van der Waals surface area contributed by atoms with Crippen LogP contribution in [0.3, 0.4) is 0 Å². The summed E-state index contributed by atoms with van der Waals surface area (Å²) in [5.74, 6) is 0. The molecule has 3 aromatic rings. The van der Waals surface area contributed by atoms with E-state index in [2.05, 4.69) is 36.0 Å². The van der Waals surface area contributed by atoms with Gasteiger partial charge in [-0.2, -0.15) is 5.10 Å². The van der Waals surface area contributed by atoms with Crippen LogP contribution in [-0.4, -0.2) is 24.6 Å². The van der Waals surface area contributed by atoms with Crippen LogP contribution in [0.15, 0.2) is 32.5 Å². The van der Waals surface area contributed by atoms with E-state index < -0.39 is 11.2 Å². The number of nitrogens with zero attached hydrogens (tertiary/aromatic N) is 3. The van der Waals surface area contributed by atoms with E-state index in [-0.39, 0.29) is 5.56 Å². The lowest BCUT2D eigenvalue weighted by Gasteiger charge is -2.02. The molecule has 3 rings (SSSR count). The molecule has 0 saturated heterocycles. The molecule has 3 heterocycles. The Bertz CT molecular complexity index is 897. The van der Waals surface area contributed by atoms with E-state index in [1.165, 1.54) is 16.9 Å². The van der Waals surface area contributed by atoms with Gasteiger partial charge in [0, 0.05) is 6.20 Å². The Hall–Kier alpha value is -1.93. The highest BCUT2D eigenvalue weighted by molar-refractivity contribution is 9.10. The standard InChI is InChI=1S/C10H5BrClN5O2/c11-5-1-6(4-2-14-10(19)15-9(4)18)16-17-7(12)3-13-8(5)17/h1-3H,(H2,14,15,18,19). The molecule has 0 amide bonds. The van der Waals surface area contributed by atoms with Crippen LogP contribution in [0.5, 0.6) is 0 Å². The minimum absolute atomic E-state index is 0.229. The lowest BCUT2D eigenvalue weighted by Crippen LogP contribution is -2.23. The zero-order chi connectivity index (χ0) is 13.6. The Labute approximate surface area is 118 Å². The first-order valence-corrected chi connectivity index (χ1v) is 6.25. The second-order valence-electron chi connectivity index (χ2n) is 3.68. The van der Waals surface area contributed by atoms with Crippen LogP contribution >= 0.6 is 27.5 Å². The second kappa shape index (κ2) is 4.32. The number of imidazole rings is 1. The second-order valence-corrected chi connectivity index (χ2v) is 4.92. The first-order valence-electron chi connectivity index (χ1n) is 5.08. The Morgan fingerprint density at radius 2 is 2.16 bits per heavy atom. The normalized spacial score (nSPS) is 11.1. The molecule has 2 N–H and O–H groups in total. The van der Waals surface area contributed by atoms with Gasteiger partial charge in [0.05, 0.1) is 21.9 Å². The molecule has 7 nitrogen and oxygen atoms in total. The average molecular weight is 343 g/mol. The summed E-state index contributed by atoms with van der Waals surface area (Å²) in [7, 11) is 0. The van der Waals surface area contributed by atoms with E-state index in [1.54, 1.807) is 6.07 Å². The molecule has 0 aliphatic carbocycles. The molecule has 0 radical (unpaired) electrons. The van der Waals surface area contributed by atoms with Gasteiger partial charge in [0.1, 0.15) is 0 Å². The fraction of sp³-hybridized carbons (Fsp3) is 0. The monoisotopic (exact) mass is 341 g/mol. The van der Waals surface area contributed by atoms with Crippen molar-refractivity contribution in [2.24, 2.45) is 0 Å². The molecule has 96 valence electrons. The summed E-state index contributed by atoms with van der Waals surface area (Å²) >= 11 is 9.27. The third-order valence-electron chi connectivity index (χ3n) is 2.48. The van der Waals surface area contributed by atoms with Crippen LogP contribution < -0.4 is 11.2 Å². The van der Waals surface area contributed by atoms with E-state index in [9.17, 15) is 9.59 Å². The fourth-order valence-corrected chi connectivity index (χ4v) is 2.29. The molecule has 0 saturated carbocycles. The third kappa shape index (κ3) is 1.98. The maximum absolute atomic E-state index is 11.7. The van der Waals surface area contributed by atoms with Gasteiger partial charge < -0.3 is 4.98 Å². The molecule has 0 unspecified atom stereocenters. The number of H-pyrrole nitrogens is 2. The number of rotatable bonds is 1. The van der Waals surface area contributed by atoms with Crippen LogP contribution in [0.25, 0.3) is 16.9 Å². The van der Waals surface area contributed by atoms with Crippen molar-refractivity contribution in [1.29, 1.82) is 0 Å². The van der Waals surface area contributed by atoms with Crippen molar-refractivity contribution in [3.63, 3.8) is 0 Å². The molecule has 0 atom stereocenters. The minimum atomic E-state index is -0.574. The molecule has 0 aliphatic heterocycles. The maximum atomic E-state index is 11.7. The van der Waals surface area contributed by atoms with Gasteiger partial charge in [-0.1, -0.05) is 11.6 Å². The predicted octanol–water partition coefficient (Wildman–Crippen LogP) is 1.19. The zero-order valence-electron chi connectivity index (χ0n) is 9.15. The number of aromatic nitrogens is 5. The number of halogens is 2. The average Bonchev–Trinajstić information content (AvgIpc) is 2.72. The lowest BCUT2D eigenvalue weighted by molar-refractivity contribution is 0.930. The molecule has 0 spiro atoms. The van der Waals surface area contributed by atoms with Crippen LogP contribution in [0.2, 0.25) is 5.15 Å². The lowest BCUT2D eigenvalue weighted by atomic mass is 10.2. The van der Waals surface area contributed by atoms with E-state index in [0.717, 1.165) is 0 Å². The van der Waals surface area contributed by atoms with Crippen molar-refractivity contribution >= 4 is 33.2 Å². The Balaban J connectivity index is 2.33. The van der Waals surface area contributed by atoms with Crippen molar-refractivity contribution in [2.75, 3.05) is 0 Å². The van der Waals surface area contributed by atoms with Crippen LogP contribution in [-0.2, 0) is 0 Å². The van der Waals surface area contributed by atoms with Gasteiger partial charge >= 0.3 is 5.69 Å². The summed E-state index contributed by atoms with van der Waals surface area (Å²) < 4.78 is 2.03.